The second kappa shape index (κ2) is 5.27. The molecule has 5 heteroatoms. The molecule has 1 aromatic carbocycles. The van der Waals surface area contributed by atoms with E-state index in [1.165, 1.54) is 6.21 Å². The molecule has 1 aromatic heterocycles. The molecule has 2 N–H and O–H groups in total. The van der Waals surface area contributed by atoms with E-state index in [1.54, 1.807) is 0 Å². The van der Waals surface area contributed by atoms with E-state index in [0.717, 1.165) is 5.56 Å². The number of hydrogen-bond acceptors (Lipinski definition) is 5. The Labute approximate surface area is 98.1 Å². The standard InChI is InChI=1S/C12H12N2O3/c15-7-6-13-8-10-12(16)17-11(14-10)9-4-2-1-3-5-9/h1-5,8,15-16H,6-7H2. The first-order chi connectivity index (χ1) is 8.31. The number of hydrogen-bond donors (Lipinski definition) is 2. The molecule has 0 amide bonds. The van der Waals surface area contributed by atoms with E-state index in [-0.39, 0.29) is 24.8 Å². The highest BCUT2D eigenvalue weighted by Crippen LogP contribution is 2.24. The maximum absolute atomic E-state index is 9.51. The highest BCUT2D eigenvalue weighted by Gasteiger charge is 2.11. The van der Waals surface area contributed by atoms with Crippen LogP contribution in [0.3, 0.4) is 0 Å². The molecule has 0 aliphatic carbocycles. The van der Waals surface area contributed by atoms with Gasteiger partial charge in [0, 0.05) is 5.56 Å². The third-order valence-corrected chi connectivity index (χ3v) is 2.10. The van der Waals surface area contributed by atoms with E-state index in [1.807, 2.05) is 30.3 Å². The Hall–Kier alpha value is -2.14. The summed E-state index contributed by atoms with van der Waals surface area (Å²) < 4.78 is 5.12. The molecule has 88 valence electrons. The van der Waals surface area contributed by atoms with E-state index in [0.29, 0.717) is 5.89 Å². The lowest BCUT2D eigenvalue weighted by Gasteiger charge is -1.91. The lowest BCUT2D eigenvalue weighted by molar-refractivity contribution is 0.307. The fourth-order valence-corrected chi connectivity index (χ4v) is 1.32. The number of aromatic nitrogens is 1. The maximum atomic E-state index is 9.51. The zero-order valence-corrected chi connectivity index (χ0v) is 9.08. The molecule has 0 saturated carbocycles. The van der Waals surface area contributed by atoms with E-state index >= 15 is 0 Å². The van der Waals surface area contributed by atoms with Crippen molar-refractivity contribution in [3.63, 3.8) is 0 Å². The second-order valence-electron chi connectivity index (χ2n) is 3.33. The summed E-state index contributed by atoms with van der Waals surface area (Å²) in [4.78, 5) is 7.97. The van der Waals surface area contributed by atoms with Gasteiger partial charge in [-0.15, -0.1) is 0 Å². The number of rotatable bonds is 4. The van der Waals surface area contributed by atoms with Crippen molar-refractivity contribution in [2.24, 2.45) is 4.99 Å². The van der Waals surface area contributed by atoms with Crippen LogP contribution in [0.5, 0.6) is 5.95 Å². The highest BCUT2D eigenvalue weighted by molar-refractivity contribution is 5.80. The molecule has 1 heterocycles. The third-order valence-electron chi connectivity index (χ3n) is 2.10. The highest BCUT2D eigenvalue weighted by atomic mass is 16.5. The minimum atomic E-state index is -0.273. The zero-order valence-electron chi connectivity index (χ0n) is 9.08. The molecule has 0 aliphatic rings. The Morgan fingerprint density at radius 2 is 2.06 bits per heavy atom. The zero-order chi connectivity index (χ0) is 12.1. The van der Waals surface area contributed by atoms with Crippen LogP contribution in [-0.4, -0.2) is 34.6 Å². The van der Waals surface area contributed by atoms with Gasteiger partial charge in [-0.25, -0.2) is 4.98 Å². The van der Waals surface area contributed by atoms with Gasteiger partial charge < -0.3 is 14.6 Å². The van der Waals surface area contributed by atoms with E-state index in [9.17, 15) is 5.11 Å². The van der Waals surface area contributed by atoms with Crippen LogP contribution < -0.4 is 0 Å². The Morgan fingerprint density at radius 1 is 1.29 bits per heavy atom. The molecule has 0 radical (unpaired) electrons. The summed E-state index contributed by atoms with van der Waals surface area (Å²) in [5.74, 6) is 0.0686. The predicted octanol–water partition coefficient (Wildman–Crippen LogP) is 1.46. The largest absolute Gasteiger partial charge is 0.479 e. The van der Waals surface area contributed by atoms with Crippen molar-refractivity contribution >= 4 is 6.21 Å². The van der Waals surface area contributed by atoms with Crippen molar-refractivity contribution in [1.29, 1.82) is 0 Å². The quantitative estimate of drug-likeness (QED) is 0.782. The first-order valence-corrected chi connectivity index (χ1v) is 5.17. The summed E-state index contributed by atoms with van der Waals surface area (Å²) in [5.41, 5.74) is 1.04. The minimum Gasteiger partial charge on any atom is -0.479 e. The molecular weight excluding hydrogens is 220 g/mol. The topological polar surface area (TPSA) is 78.9 Å². The van der Waals surface area contributed by atoms with Crippen LogP contribution in [0, 0.1) is 0 Å². The third kappa shape index (κ3) is 2.70. The number of aliphatic hydroxyl groups is 1. The van der Waals surface area contributed by atoms with Gasteiger partial charge in [-0.05, 0) is 12.1 Å². The molecule has 0 spiro atoms. The number of benzene rings is 1. The summed E-state index contributed by atoms with van der Waals surface area (Å²) in [5, 5.41) is 18.1. The van der Waals surface area contributed by atoms with Crippen LogP contribution in [0.1, 0.15) is 5.69 Å². The number of nitrogens with zero attached hydrogens (tertiary/aromatic N) is 2. The molecule has 0 bridgehead atoms. The normalized spacial score (nSPS) is 11.1. The van der Waals surface area contributed by atoms with Gasteiger partial charge in [0.15, 0.2) is 5.69 Å². The van der Waals surface area contributed by atoms with Crippen molar-refractivity contribution in [2.75, 3.05) is 13.2 Å². The number of aromatic hydroxyl groups is 1. The first kappa shape index (κ1) is 11.3. The van der Waals surface area contributed by atoms with Crippen molar-refractivity contribution in [3.8, 4) is 17.4 Å². The van der Waals surface area contributed by atoms with Crippen molar-refractivity contribution in [2.45, 2.75) is 0 Å². The SMILES string of the molecule is OCCN=Cc1nc(-c2ccccc2)oc1O. The average molecular weight is 232 g/mol. The van der Waals surface area contributed by atoms with Crippen LogP contribution in [-0.2, 0) is 0 Å². The van der Waals surface area contributed by atoms with Gasteiger partial charge in [0.2, 0.25) is 5.89 Å². The molecule has 2 rings (SSSR count). The average Bonchev–Trinajstić information content (AvgIpc) is 2.73. The fourth-order valence-electron chi connectivity index (χ4n) is 1.32. The maximum Gasteiger partial charge on any atom is 0.312 e. The molecule has 0 atom stereocenters. The van der Waals surface area contributed by atoms with Gasteiger partial charge in [0.1, 0.15) is 0 Å². The van der Waals surface area contributed by atoms with Crippen LogP contribution in [0.25, 0.3) is 11.5 Å². The molecule has 17 heavy (non-hydrogen) atoms. The number of oxazole rings is 1. The minimum absolute atomic E-state index is 0.0410. The molecule has 2 aromatic rings. The number of aliphatic imine (C=N–C) groups is 1. The predicted molar refractivity (Wildman–Crippen MR) is 63.2 cm³/mol. The Balaban J connectivity index is 2.25. The Morgan fingerprint density at radius 3 is 2.76 bits per heavy atom. The van der Waals surface area contributed by atoms with Gasteiger partial charge in [0.05, 0.1) is 19.4 Å². The summed E-state index contributed by atoms with van der Waals surface area (Å²) in [6.45, 7) is 0.230. The van der Waals surface area contributed by atoms with Gasteiger partial charge in [0.25, 0.3) is 0 Å². The second-order valence-corrected chi connectivity index (χ2v) is 3.33. The molecule has 0 aliphatic heterocycles. The van der Waals surface area contributed by atoms with Crippen molar-refractivity contribution < 1.29 is 14.6 Å². The lowest BCUT2D eigenvalue weighted by Crippen LogP contribution is -1.89. The summed E-state index contributed by atoms with van der Waals surface area (Å²) in [6.07, 6.45) is 1.38. The molecule has 0 fully saturated rings. The summed E-state index contributed by atoms with van der Waals surface area (Å²) in [7, 11) is 0. The van der Waals surface area contributed by atoms with Crippen LogP contribution in [0.4, 0.5) is 0 Å². The van der Waals surface area contributed by atoms with E-state index in [4.69, 9.17) is 9.52 Å². The molecule has 0 unspecified atom stereocenters. The summed E-state index contributed by atoms with van der Waals surface area (Å²) in [6, 6.07) is 9.27. The summed E-state index contributed by atoms with van der Waals surface area (Å²) >= 11 is 0. The molecular formula is C12H12N2O3. The lowest BCUT2D eigenvalue weighted by atomic mass is 10.2. The Bertz CT molecular complexity index is 506. The fraction of sp³-hybridized carbons (Fsp3) is 0.167. The van der Waals surface area contributed by atoms with Crippen molar-refractivity contribution in [3.05, 3.63) is 36.0 Å². The van der Waals surface area contributed by atoms with Gasteiger partial charge in [-0.1, -0.05) is 18.2 Å². The number of aliphatic hydroxyl groups excluding tert-OH is 1. The smallest absolute Gasteiger partial charge is 0.312 e. The van der Waals surface area contributed by atoms with E-state index in [2.05, 4.69) is 9.98 Å². The van der Waals surface area contributed by atoms with Gasteiger partial charge >= 0.3 is 5.95 Å². The van der Waals surface area contributed by atoms with Gasteiger partial charge in [-0.3, -0.25) is 4.99 Å². The van der Waals surface area contributed by atoms with Crippen LogP contribution in [0.2, 0.25) is 0 Å². The molecule has 0 saturated heterocycles. The van der Waals surface area contributed by atoms with Crippen LogP contribution in [0.15, 0.2) is 39.7 Å². The first-order valence-electron chi connectivity index (χ1n) is 5.17. The van der Waals surface area contributed by atoms with Crippen LogP contribution >= 0.6 is 0 Å². The van der Waals surface area contributed by atoms with E-state index < -0.39 is 0 Å². The van der Waals surface area contributed by atoms with Crippen molar-refractivity contribution in [1.82, 2.24) is 4.98 Å². The Kier molecular flexibility index (Phi) is 3.52. The molecule has 5 nitrogen and oxygen atoms in total. The van der Waals surface area contributed by atoms with Gasteiger partial charge in [-0.2, -0.15) is 0 Å². The monoisotopic (exact) mass is 232 g/mol.